The fourth-order valence-corrected chi connectivity index (χ4v) is 2.03. The molecule has 1 rings (SSSR count). The van der Waals surface area contributed by atoms with Crippen molar-refractivity contribution in [2.75, 3.05) is 18.5 Å². The zero-order valence-corrected chi connectivity index (χ0v) is 13.4. The molecule has 0 saturated heterocycles. The number of aromatic nitrogens is 2. The lowest BCUT2D eigenvalue weighted by Crippen LogP contribution is -2.13. The molecule has 0 bridgehead atoms. The van der Waals surface area contributed by atoms with Gasteiger partial charge in [0.25, 0.3) is 0 Å². The predicted octanol–water partition coefficient (Wildman–Crippen LogP) is 4.20. The molecule has 0 fully saturated rings. The van der Waals surface area contributed by atoms with Crippen LogP contribution in [0.5, 0.6) is 5.88 Å². The Bertz CT molecular complexity index is 382. The molecule has 1 aromatic rings. The number of anilines is 1. The third-order valence-corrected chi connectivity index (χ3v) is 3.37. The van der Waals surface area contributed by atoms with E-state index in [4.69, 9.17) is 4.74 Å². The average Bonchev–Trinajstić information content (AvgIpc) is 2.45. The largest absolute Gasteiger partial charge is 0.477 e. The van der Waals surface area contributed by atoms with Crippen molar-refractivity contribution < 1.29 is 4.74 Å². The quantitative estimate of drug-likeness (QED) is 0.697. The molecule has 1 aromatic heterocycles. The minimum absolute atomic E-state index is 0.622. The lowest BCUT2D eigenvalue weighted by molar-refractivity contribution is 0.225. The summed E-state index contributed by atoms with van der Waals surface area (Å²) in [5, 5.41) is 3.21. The fraction of sp³-hybridized carbons (Fsp3) is 0.750. The molecule has 0 spiro atoms. The van der Waals surface area contributed by atoms with E-state index >= 15 is 0 Å². The molecule has 1 N–H and O–H groups in total. The van der Waals surface area contributed by atoms with Gasteiger partial charge in [0.2, 0.25) is 11.8 Å². The van der Waals surface area contributed by atoms with Crippen LogP contribution in [-0.2, 0) is 0 Å². The van der Waals surface area contributed by atoms with Crippen LogP contribution in [0.1, 0.15) is 58.6 Å². The molecule has 0 aromatic carbocycles. The van der Waals surface area contributed by atoms with Gasteiger partial charge in [-0.25, -0.2) is 4.98 Å². The van der Waals surface area contributed by atoms with Crippen molar-refractivity contribution in [1.29, 1.82) is 0 Å². The molecule has 0 amide bonds. The minimum atomic E-state index is 0.622. The summed E-state index contributed by atoms with van der Waals surface area (Å²) in [6.07, 6.45) is 5.97. The first kappa shape index (κ1) is 16.7. The first-order chi connectivity index (χ1) is 9.69. The Morgan fingerprint density at radius 3 is 2.65 bits per heavy atom. The Hall–Kier alpha value is -1.32. The van der Waals surface area contributed by atoms with Gasteiger partial charge in [0.15, 0.2) is 0 Å². The summed E-state index contributed by atoms with van der Waals surface area (Å²) in [7, 11) is 0. The highest BCUT2D eigenvalue weighted by atomic mass is 16.5. The van der Waals surface area contributed by atoms with Crippen molar-refractivity contribution >= 4 is 5.95 Å². The van der Waals surface area contributed by atoms with E-state index in [2.05, 4.69) is 36.1 Å². The maximum absolute atomic E-state index is 5.87. The number of nitrogens with zero attached hydrogens (tertiary/aromatic N) is 2. The standard InChI is InChI=1S/C16H29N3O/c1-5-8-9-14(7-3)12-20-15-11-13(4)18-16(19-15)17-10-6-2/h11,14H,5-10,12H2,1-4H3,(H,17,18,19). The van der Waals surface area contributed by atoms with Gasteiger partial charge in [0.1, 0.15) is 0 Å². The van der Waals surface area contributed by atoms with Gasteiger partial charge < -0.3 is 10.1 Å². The molecule has 0 aliphatic rings. The summed E-state index contributed by atoms with van der Waals surface area (Å²) in [6.45, 7) is 10.2. The second-order valence-corrected chi connectivity index (χ2v) is 5.33. The third-order valence-electron chi connectivity index (χ3n) is 3.37. The minimum Gasteiger partial charge on any atom is -0.477 e. The summed E-state index contributed by atoms with van der Waals surface area (Å²) in [6, 6.07) is 1.91. The van der Waals surface area contributed by atoms with Crippen molar-refractivity contribution in [3.05, 3.63) is 11.8 Å². The van der Waals surface area contributed by atoms with Gasteiger partial charge in [-0.05, 0) is 25.7 Å². The van der Waals surface area contributed by atoms with E-state index in [1.54, 1.807) is 0 Å². The van der Waals surface area contributed by atoms with Gasteiger partial charge in [-0.15, -0.1) is 0 Å². The van der Waals surface area contributed by atoms with Crippen molar-refractivity contribution in [3.8, 4) is 5.88 Å². The van der Waals surface area contributed by atoms with Crippen LogP contribution in [0, 0.1) is 12.8 Å². The molecule has 20 heavy (non-hydrogen) atoms. The first-order valence-corrected chi connectivity index (χ1v) is 7.91. The maximum Gasteiger partial charge on any atom is 0.226 e. The van der Waals surface area contributed by atoms with E-state index < -0.39 is 0 Å². The van der Waals surface area contributed by atoms with Crippen molar-refractivity contribution in [3.63, 3.8) is 0 Å². The second kappa shape index (κ2) is 9.56. The first-order valence-electron chi connectivity index (χ1n) is 7.91. The molecule has 0 aliphatic carbocycles. The summed E-state index contributed by atoms with van der Waals surface area (Å²) in [4.78, 5) is 8.78. The molecule has 0 radical (unpaired) electrons. The van der Waals surface area contributed by atoms with Crippen LogP contribution < -0.4 is 10.1 Å². The van der Waals surface area contributed by atoms with Gasteiger partial charge in [-0.1, -0.05) is 40.0 Å². The Kier molecular flexibility index (Phi) is 8.00. The van der Waals surface area contributed by atoms with E-state index in [0.717, 1.165) is 31.7 Å². The van der Waals surface area contributed by atoms with Crippen LogP contribution in [0.4, 0.5) is 5.95 Å². The van der Waals surface area contributed by atoms with Crippen LogP contribution in [0.2, 0.25) is 0 Å². The Labute approximate surface area is 123 Å². The van der Waals surface area contributed by atoms with Crippen molar-refractivity contribution in [1.82, 2.24) is 9.97 Å². The predicted molar refractivity (Wildman–Crippen MR) is 84.4 cm³/mol. The highest BCUT2D eigenvalue weighted by Gasteiger charge is 2.09. The number of aryl methyl sites for hydroxylation is 1. The fourth-order valence-electron chi connectivity index (χ4n) is 2.03. The molecule has 0 aliphatic heterocycles. The molecule has 1 atom stereocenters. The normalized spacial score (nSPS) is 12.2. The molecule has 1 heterocycles. The molecule has 4 nitrogen and oxygen atoms in total. The van der Waals surface area contributed by atoms with Crippen LogP contribution in [0.15, 0.2) is 6.07 Å². The van der Waals surface area contributed by atoms with E-state index in [1.165, 1.54) is 19.3 Å². The van der Waals surface area contributed by atoms with E-state index in [-0.39, 0.29) is 0 Å². The number of hydrogen-bond acceptors (Lipinski definition) is 4. The molecule has 114 valence electrons. The summed E-state index contributed by atoms with van der Waals surface area (Å²) >= 11 is 0. The summed E-state index contributed by atoms with van der Waals surface area (Å²) in [5.74, 6) is 1.98. The molecule has 1 unspecified atom stereocenters. The zero-order chi connectivity index (χ0) is 14.8. The third kappa shape index (κ3) is 6.22. The van der Waals surface area contributed by atoms with Crippen molar-refractivity contribution in [2.45, 2.75) is 59.8 Å². The monoisotopic (exact) mass is 279 g/mol. The number of unbranched alkanes of at least 4 members (excludes halogenated alkanes) is 1. The number of rotatable bonds is 10. The molecular weight excluding hydrogens is 250 g/mol. The van der Waals surface area contributed by atoms with Crippen molar-refractivity contribution in [2.24, 2.45) is 5.92 Å². The maximum atomic E-state index is 5.87. The van der Waals surface area contributed by atoms with Gasteiger partial charge in [0, 0.05) is 18.3 Å². The molecule has 0 saturated carbocycles. The Morgan fingerprint density at radius 2 is 2.00 bits per heavy atom. The number of nitrogens with one attached hydrogen (secondary N) is 1. The highest BCUT2D eigenvalue weighted by Crippen LogP contribution is 2.17. The van der Waals surface area contributed by atoms with Gasteiger partial charge >= 0.3 is 0 Å². The molecular formula is C16H29N3O. The van der Waals surface area contributed by atoms with E-state index in [9.17, 15) is 0 Å². The number of ether oxygens (including phenoxy) is 1. The van der Waals surface area contributed by atoms with Crippen LogP contribution >= 0.6 is 0 Å². The van der Waals surface area contributed by atoms with E-state index in [0.29, 0.717) is 17.7 Å². The highest BCUT2D eigenvalue weighted by molar-refractivity contribution is 5.30. The average molecular weight is 279 g/mol. The van der Waals surface area contributed by atoms with Gasteiger partial charge in [0.05, 0.1) is 6.61 Å². The summed E-state index contributed by atoms with van der Waals surface area (Å²) in [5.41, 5.74) is 0.940. The van der Waals surface area contributed by atoms with Crippen LogP contribution in [-0.4, -0.2) is 23.1 Å². The van der Waals surface area contributed by atoms with Gasteiger partial charge in [-0.3, -0.25) is 0 Å². The van der Waals surface area contributed by atoms with Crippen LogP contribution in [0.3, 0.4) is 0 Å². The second-order valence-electron chi connectivity index (χ2n) is 5.33. The molecule has 4 heteroatoms. The van der Waals surface area contributed by atoms with E-state index in [1.807, 2.05) is 13.0 Å². The Morgan fingerprint density at radius 1 is 1.20 bits per heavy atom. The SMILES string of the molecule is CCCCC(CC)COc1cc(C)nc(NCCC)n1. The zero-order valence-electron chi connectivity index (χ0n) is 13.4. The lowest BCUT2D eigenvalue weighted by Gasteiger charge is -2.15. The topological polar surface area (TPSA) is 47.0 Å². The van der Waals surface area contributed by atoms with Gasteiger partial charge in [-0.2, -0.15) is 4.98 Å². The number of hydrogen-bond donors (Lipinski definition) is 1. The summed E-state index contributed by atoms with van der Waals surface area (Å²) < 4.78 is 5.87. The smallest absolute Gasteiger partial charge is 0.226 e. The lowest BCUT2D eigenvalue weighted by atomic mass is 10.0. The Balaban J connectivity index is 2.55. The van der Waals surface area contributed by atoms with Crippen LogP contribution in [0.25, 0.3) is 0 Å².